The number of halogens is 1. The maximum atomic E-state index is 7.36. The molecular formula is C11H15ClN4. The second-order valence-corrected chi connectivity index (χ2v) is 4.28. The smallest absolute Gasteiger partial charge is 0.188 e. The average molecular weight is 239 g/mol. The monoisotopic (exact) mass is 238 g/mol. The van der Waals surface area contributed by atoms with Gasteiger partial charge in [0.25, 0.3) is 0 Å². The fourth-order valence-corrected chi connectivity index (χ4v) is 2.06. The molecule has 1 aliphatic heterocycles. The van der Waals surface area contributed by atoms with Gasteiger partial charge in [0.05, 0.1) is 0 Å². The van der Waals surface area contributed by atoms with Crippen LogP contribution in [0.25, 0.3) is 0 Å². The summed E-state index contributed by atoms with van der Waals surface area (Å²) >= 11 is 5.95. The van der Waals surface area contributed by atoms with Gasteiger partial charge in [-0.2, -0.15) is 0 Å². The van der Waals surface area contributed by atoms with Crippen LogP contribution in [0.15, 0.2) is 24.3 Å². The number of guanidine groups is 1. The first-order valence-corrected chi connectivity index (χ1v) is 5.64. The molecule has 0 amide bonds. The number of hydrogen-bond acceptors (Lipinski definition) is 2. The lowest BCUT2D eigenvalue weighted by atomic mass is 10.2. The maximum Gasteiger partial charge on any atom is 0.188 e. The fourth-order valence-electron chi connectivity index (χ4n) is 1.88. The van der Waals surface area contributed by atoms with Crippen LogP contribution in [0.3, 0.4) is 0 Å². The van der Waals surface area contributed by atoms with Crippen molar-refractivity contribution in [1.29, 1.82) is 5.41 Å². The highest BCUT2D eigenvalue weighted by molar-refractivity contribution is 6.30. The van der Waals surface area contributed by atoms with Crippen molar-refractivity contribution in [3.63, 3.8) is 0 Å². The van der Waals surface area contributed by atoms with Gasteiger partial charge in [-0.05, 0) is 18.2 Å². The van der Waals surface area contributed by atoms with E-state index in [-0.39, 0.29) is 5.96 Å². The summed E-state index contributed by atoms with van der Waals surface area (Å²) in [6, 6.07) is 7.84. The first kappa shape index (κ1) is 11.1. The summed E-state index contributed by atoms with van der Waals surface area (Å²) in [5, 5.41) is 8.11. The standard InChI is InChI=1S/C11H15ClN4/c12-9-2-1-3-10(8-9)15-4-6-16(7-5-15)11(13)14/h1-3,8H,4-7H2,(H3,13,14). The second kappa shape index (κ2) is 4.61. The van der Waals surface area contributed by atoms with Crippen LogP contribution >= 0.6 is 11.6 Å². The van der Waals surface area contributed by atoms with Gasteiger partial charge in [-0.25, -0.2) is 0 Å². The van der Waals surface area contributed by atoms with Gasteiger partial charge >= 0.3 is 0 Å². The van der Waals surface area contributed by atoms with Gasteiger partial charge in [-0.3, -0.25) is 5.41 Å². The van der Waals surface area contributed by atoms with Gasteiger partial charge < -0.3 is 15.5 Å². The lowest BCUT2D eigenvalue weighted by molar-refractivity contribution is 0.380. The summed E-state index contributed by atoms with van der Waals surface area (Å²) in [5.74, 6) is 0.158. The number of nitrogens with one attached hydrogen (secondary N) is 1. The lowest BCUT2D eigenvalue weighted by Crippen LogP contribution is -2.50. The minimum atomic E-state index is 0.158. The molecule has 86 valence electrons. The van der Waals surface area contributed by atoms with Crippen molar-refractivity contribution >= 4 is 23.2 Å². The zero-order valence-corrected chi connectivity index (χ0v) is 9.74. The zero-order chi connectivity index (χ0) is 11.5. The Morgan fingerprint density at radius 3 is 2.50 bits per heavy atom. The number of nitrogens with two attached hydrogens (primary N) is 1. The van der Waals surface area contributed by atoms with Crippen LogP contribution in [0, 0.1) is 5.41 Å². The zero-order valence-electron chi connectivity index (χ0n) is 8.99. The van der Waals surface area contributed by atoms with Crippen molar-refractivity contribution < 1.29 is 0 Å². The topological polar surface area (TPSA) is 56.4 Å². The number of hydrogen-bond donors (Lipinski definition) is 2. The predicted molar refractivity (Wildman–Crippen MR) is 67.2 cm³/mol. The van der Waals surface area contributed by atoms with E-state index >= 15 is 0 Å². The summed E-state index contributed by atoms with van der Waals surface area (Å²) in [6.07, 6.45) is 0. The molecule has 0 aliphatic carbocycles. The third kappa shape index (κ3) is 2.39. The van der Waals surface area contributed by atoms with Crippen molar-refractivity contribution in [2.75, 3.05) is 31.1 Å². The summed E-state index contributed by atoms with van der Waals surface area (Å²) in [7, 11) is 0. The van der Waals surface area contributed by atoms with Gasteiger partial charge in [-0.1, -0.05) is 17.7 Å². The Kier molecular flexibility index (Phi) is 3.19. The highest BCUT2D eigenvalue weighted by Crippen LogP contribution is 2.20. The maximum absolute atomic E-state index is 7.36. The molecule has 16 heavy (non-hydrogen) atoms. The number of anilines is 1. The molecule has 3 N–H and O–H groups in total. The second-order valence-electron chi connectivity index (χ2n) is 3.84. The van der Waals surface area contributed by atoms with E-state index in [4.69, 9.17) is 22.7 Å². The molecule has 0 radical (unpaired) electrons. The molecule has 0 saturated carbocycles. The number of piperazine rings is 1. The molecule has 0 atom stereocenters. The average Bonchev–Trinajstić information content (AvgIpc) is 2.29. The van der Waals surface area contributed by atoms with Crippen LogP contribution in [0.2, 0.25) is 5.02 Å². The van der Waals surface area contributed by atoms with Gasteiger partial charge in [0.15, 0.2) is 5.96 Å². The molecule has 1 aromatic rings. The molecule has 4 nitrogen and oxygen atoms in total. The molecule has 0 aromatic heterocycles. The summed E-state index contributed by atoms with van der Waals surface area (Å²) < 4.78 is 0. The van der Waals surface area contributed by atoms with E-state index in [9.17, 15) is 0 Å². The largest absolute Gasteiger partial charge is 0.370 e. The Hall–Kier alpha value is -1.42. The molecular weight excluding hydrogens is 224 g/mol. The van der Waals surface area contributed by atoms with Crippen LogP contribution in [-0.4, -0.2) is 37.0 Å². The Morgan fingerprint density at radius 2 is 1.94 bits per heavy atom. The van der Waals surface area contributed by atoms with E-state index in [0.29, 0.717) is 0 Å². The normalized spacial score (nSPS) is 16.3. The number of benzene rings is 1. The molecule has 1 saturated heterocycles. The minimum absolute atomic E-state index is 0.158. The van der Waals surface area contributed by atoms with Crippen LogP contribution in [0.1, 0.15) is 0 Å². The summed E-state index contributed by atoms with van der Waals surface area (Å²) in [6.45, 7) is 3.34. The van der Waals surface area contributed by atoms with Crippen LogP contribution in [-0.2, 0) is 0 Å². The molecule has 1 fully saturated rings. The van der Waals surface area contributed by atoms with Crippen molar-refractivity contribution in [3.8, 4) is 0 Å². The third-order valence-corrected chi connectivity index (χ3v) is 3.03. The van der Waals surface area contributed by atoms with E-state index in [1.807, 2.05) is 23.1 Å². The molecule has 2 rings (SSSR count). The Bertz CT molecular complexity index is 385. The third-order valence-electron chi connectivity index (χ3n) is 2.79. The molecule has 1 aromatic carbocycles. The van der Waals surface area contributed by atoms with Crippen molar-refractivity contribution in [2.24, 2.45) is 5.73 Å². The Labute approximate surface area is 100 Å². The van der Waals surface area contributed by atoms with Gasteiger partial charge in [0.1, 0.15) is 0 Å². The van der Waals surface area contributed by atoms with Gasteiger partial charge in [0, 0.05) is 36.9 Å². The van der Waals surface area contributed by atoms with Crippen molar-refractivity contribution in [2.45, 2.75) is 0 Å². The van der Waals surface area contributed by atoms with Crippen molar-refractivity contribution in [3.05, 3.63) is 29.3 Å². The van der Waals surface area contributed by atoms with Gasteiger partial charge in [0.2, 0.25) is 0 Å². The minimum Gasteiger partial charge on any atom is -0.370 e. The number of rotatable bonds is 1. The van der Waals surface area contributed by atoms with Gasteiger partial charge in [-0.15, -0.1) is 0 Å². The van der Waals surface area contributed by atoms with E-state index < -0.39 is 0 Å². The van der Waals surface area contributed by atoms with Crippen LogP contribution in [0.4, 0.5) is 5.69 Å². The fraction of sp³-hybridized carbons (Fsp3) is 0.364. The molecule has 0 unspecified atom stereocenters. The summed E-state index contributed by atoms with van der Waals surface area (Å²) in [4.78, 5) is 4.13. The first-order chi connectivity index (χ1) is 7.66. The van der Waals surface area contributed by atoms with E-state index in [1.54, 1.807) is 0 Å². The Morgan fingerprint density at radius 1 is 1.25 bits per heavy atom. The SMILES string of the molecule is N=C(N)N1CCN(c2cccc(Cl)c2)CC1. The highest BCUT2D eigenvalue weighted by Gasteiger charge is 2.17. The number of nitrogens with zero attached hydrogens (tertiary/aromatic N) is 2. The first-order valence-electron chi connectivity index (χ1n) is 5.26. The summed E-state index contributed by atoms with van der Waals surface area (Å²) in [5.41, 5.74) is 6.58. The molecule has 5 heteroatoms. The molecule has 0 spiro atoms. The van der Waals surface area contributed by atoms with Crippen LogP contribution in [0.5, 0.6) is 0 Å². The van der Waals surface area contributed by atoms with E-state index in [0.717, 1.165) is 36.9 Å². The highest BCUT2D eigenvalue weighted by atomic mass is 35.5. The Balaban J connectivity index is 2.01. The van der Waals surface area contributed by atoms with E-state index in [1.165, 1.54) is 0 Å². The molecule has 1 aliphatic rings. The molecule has 1 heterocycles. The predicted octanol–water partition coefficient (Wildman–Crippen LogP) is 1.36. The quantitative estimate of drug-likeness (QED) is 0.574. The lowest BCUT2D eigenvalue weighted by Gasteiger charge is -2.36. The van der Waals surface area contributed by atoms with E-state index in [2.05, 4.69) is 11.0 Å². The molecule has 0 bridgehead atoms. The van der Waals surface area contributed by atoms with Crippen molar-refractivity contribution in [1.82, 2.24) is 4.90 Å². The van der Waals surface area contributed by atoms with Crippen LogP contribution < -0.4 is 10.6 Å².